The number of methoxy groups -OCH3 is 1. The largest absolute Gasteiger partial charge is 0.495 e. The minimum Gasteiger partial charge on any atom is -0.495 e. The smallest absolute Gasteiger partial charge is 0.283 e. The molecule has 0 fully saturated rings. The van der Waals surface area contributed by atoms with Crippen LogP contribution in [0.2, 0.25) is 5.02 Å². The van der Waals surface area contributed by atoms with Gasteiger partial charge in [0, 0.05) is 17.1 Å². The normalized spacial score (nSPS) is 10.9. The number of benzene rings is 1. The zero-order chi connectivity index (χ0) is 21.3. The van der Waals surface area contributed by atoms with E-state index in [2.05, 4.69) is 15.5 Å². The summed E-state index contributed by atoms with van der Waals surface area (Å²) in [5.74, 6) is 1.52. The number of aryl methyl sites for hydroxylation is 1. The van der Waals surface area contributed by atoms with E-state index in [1.165, 1.54) is 7.11 Å². The van der Waals surface area contributed by atoms with Crippen LogP contribution >= 0.6 is 11.6 Å². The second-order valence-electron chi connectivity index (χ2n) is 6.66. The molecule has 3 aromatic heterocycles. The number of furan rings is 1. The van der Waals surface area contributed by atoms with Gasteiger partial charge < -0.3 is 23.5 Å². The zero-order valence-corrected chi connectivity index (χ0v) is 17.4. The van der Waals surface area contributed by atoms with Crippen molar-refractivity contribution in [1.82, 2.24) is 14.8 Å². The first-order valence-corrected chi connectivity index (χ1v) is 9.52. The van der Waals surface area contributed by atoms with Gasteiger partial charge in [0.25, 0.3) is 5.89 Å². The molecule has 1 aromatic carbocycles. The van der Waals surface area contributed by atoms with Crippen molar-refractivity contribution in [2.75, 3.05) is 12.4 Å². The highest BCUT2D eigenvalue weighted by Gasteiger charge is 2.19. The van der Waals surface area contributed by atoms with E-state index in [1.54, 1.807) is 36.6 Å². The number of ether oxygens (including phenoxy) is 1. The topological polar surface area (TPSA) is 95.3 Å². The summed E-state index contributed by atoms with van der Waals surface area (Å²) >= 11 is 6.12. The fourth-order valence-electron chi connectivity index (χ4n) is 3.18. The van der Waals surface area contributed by atoms with Gasteiger partial charge in [-0.25, -0.2) is 0 Å². The second kappa shape index (κ2) is 8.08. The van der Waals surface area contributed by atoms with Gasteiger partial charge in [0.15, 0.2) is 5.76 Å². The Balaban J connectivity index is 1.52. The fraction of sp³-hybridized carbons (Fsp3) is 0.190. The number of anilines is 1. The minimum absolute atomic E-state index is 0.125. The van der Waals surface area contributed by atoms with Crippen LogP contribution in [0.15, 0.2) is 51.5 Å². The van der Waals surface area contributed by atoms with Crippen LogP contribution in [0.5, 0.6) is 5.75 Å². The number of hydrogen-bond donors (Lipinski definition) is 1. The van der Waals surface area contributed by atoms with Gasteiger partial charge in [0.1, 0.15) is 12.3 Å². The molecule has 30 heavy (non-hydrogen) atoms. The SMILES string of the molecule is COc1ccc(NC(=O)Cn2c(C)cc(-c3nnc(-c4ccco4)o3)c2C)cc1Cl. The van der Waals surface area contributed by atoms with Crippen LogP contribution < -0.4 is 10.1 Å². The van der Waals surface area contributed by atoms with Crippen LogP contribution in [-0.2, 0) is 11.3 Å². The number of amides is 1. The van der Waals surface area contributed by atoms with Gasteiger partial charge in [0.2, 0.25) is 11.8 Å². The van der Waals surface area contributed by atoms with Crippen molar-refractivity contribution in [3.63, 3.8) is 0 Å². The van der Waals surface area contributed by atoms with E-state index >= 15 is 0 Å². The van der Waals surface area contributed by atoms with Crippen LogP contribution in [-0.4, -0.2) is 27.8 Å². The Hall–Kier alpha value is -3.52. The van der Waals surface area contributed by atoms with E-state index in [4.69, 9.17) is 25.2 Å². The third-order valence-corrected chi connectivity index (χ3v) is 4.99. The average Bonchev–Trinajstić information content (AvgIpc) is 3.45. The third-order valence-electron chi connectivity index (χ3n) is 4.70. The lowest BCUT2D eigenvalue weighted by atomic mass is 10.2. The van der Waals surface area contributed by atoms with Gasteiger partial charge in [-0.1, -0.05) is 11.6 Å². The van der Waals surface area contributed by atoms with Gasteiger partial charge in [-0.15, -0.1) is 10.2 Å². The van der Waals surface area contributed by atoms with Crippen LogP contribution in [0, 0.1) is 13.8 Å². The van der Waals surface area contributed by atoms with Gasteiger partial charge >= 0.3 is 0 Å². The van der Waals surface area contributed by atoms with Gasteiger partial charge in [0.05, 0.1) is 24.0 Å². The van der Waals surface area contributed by atoms with Crippen molar-refractivity contribution in [3.05, 3.63) is 59.1 Å². The maximum atomic E-state index is 12.6. The Morgan fingerprint density at radius 3 is 2.70 bits per heavy atom. The molecule has 0 aliphatic rings. The predicted molar refractivity (Wildman–Crippen MR) is 112 cm³/mol. The number of nitrogens with one attached hydrogen (secondary N) is 1. The molecular weight excluding hydrogens is 408 g/mol. The summed E-state index contributed by atoms with van der Waals surface area (Å²) in [7, 11) is 1.54. The first-order chi connectivity index (χ1) is 14.5. The van der Waals surface area contributed by atoms with Crippen molar-refractivity contribution in [3.8, 4) is 28.9 Å². The lowest BCUT2D eigenvalue weighted by Gasteiger charge is -2.11. The van der Waals surface area contributed by atoms with Gasteiger partial charge in [-0.05, 0) is 50.2 Å². The summed E-state index contributed by atoms with van der Waals surface area (Å²) < 4.78 is 18.0. The van der Waals surface area contributed by atoms with E-state index in [9.17, 15) is 4.79 Å². The molecule has 0 radical (unpaired) electrons. The molecule has 1 N–H and O–H groups in total. The zero-order valence-electron chi connectivity index (χ0n) is 16.6. The molecule has 0 atom stereocenters. The molecule has 9 heteroatoms. The summed E-state index contributed by atoms with van der Waals surface area (Å²) in [6.45, 7) is 3.94. The van der Waals surface area contributed by atoms with Crippen LogP contribution in [0.3, 0.4) is 0 Å². The number of carbonyl (C=O) groups is 1. The number of rotatable bonds is 6. The van der Waals surface area contributed by atoms with Crippen molar-refractivity contribution in [1.29, 1.82) is 0 Å². The number of halogens is 1. The third kappa shape index (κ3) is 3.81. The Morgan fingerprint density at radius 1 is 1.20 bits per heavy atom. The van der Waals surface area contributed by atoms with Gasteiger partial charge in [-0.3, -0.25) is 4.79 Å². The van der Waals surface area contributed by atoms with E-state index in [1.807, 2.05) is 24.5 Å². The summed E-state index contributed by atoms with van der Waals surface area (Å²) in [5.41, 5.74) is 3.08. The number of hydrogen-bond acceptors (Lipinski definition) is 6. The van der Waals surface area contributed by atoms with Crippen molar-refractivity contribution >= 4 is 23.2 Å². The Bertz CT molecular complexity index is 1190. The van der Waals surface area contributed by atoms with Crippen LogP contribution in [0.4, 0.5) is 5.69 Å². The standard InChI is InChI=1S/C21H19ClN4O4/c1-12-9-15(20-24-25-21(30-20)18-5-4-8-29-18)13(2)26(12)11-19(27)23-14-6-7-17(28-3)16(22)10-14/h4-10H,11H2,1-3H3,(H,23,27). The summed E-state index contributed by atoms with van der Waals surface area (Å²) in [6, 6.07) is 10.5. The summed E-state index contributed by atoms with van der Waals surface area (Å²) in [6.07, 6.45) is 1.54. The Kier molecular flexibility index (Phi) is 5.33. The quantitative estimate of drug-likeness (QED) is 0.479. The molecule has 0 bridgehead atoms. The van der Waals surface area contributed by atoms with E-state index in [0.717, 1.165) is 17.0 Å². The lowest BCUT2D eigenvalue weighted by molar-refractivity contribution is -0.116. The molecule has 4 aromatic rings. The second-order valence-corrected chi connectivity index (χ2v) is 7.07. The monoisotopic (exact) mass is 426 g/mol. The first kappa shape index (κ1) is 19.8. The average molecular weight is 427 g/mol. The molecule has 0 saturated carbocycles. The fourth-order valence-corrected chi connectivity index (χ4v) is 3.44. The molecule has 4 rings (SSSR count). The minimum atomic E-state index is -0.189. The highest BCUT2D eigenvalue weighted by atomic mass is 35.5. The molecule has 8 nitrogen and oxygen atoms in total. The Labute approximate surface area is 177 Å². The number of aromatic nitrogens is 3. The van der Waals surface area contributed by atoms with E-state index in [0.29, 0.717) is 34.0 Å². The molecule has 0 spiro atoms. The molecule has 0 aliphatic carbocycles. The predicted octanol–water partition coefficient (Wildman–Crippen LogP) is 4.72. The summed E-state index contributed by atoms with van der Waals surface area (Å²) in [5, 5.41) is 11.4. The number of carbonyl (C=O) groups excluding carboxylic acids is 1. The van der Waals surface area contributed by atoms with E-state index < -0.39 is 0 Å². The maximum absolute atomic E-state index is 12.6. The molecular formula is C21H19ClN4O4. The number of nitrogens with zero attached hydrogens (tertiary/aromatic N) is 3. The molecule has 1 amide bonds. The maximum Gasteiger partial charge on any atom is 0.283 e. The molecule has 0 unspecified atom stereocenters. The molecule has 0 aliphatic heterocycles. The van der Waals surface area contributed by atoms with Crippen molar-refractivity contribution < 1.29 is 18.4 Å². The van der Waals surface area contributed by atoms with Crippen molar-refractivity contribution in [2.24, 2.45) is 0 Å². The first-order valence-electron chi connectivity index (χ1n) is 9.14. The highest BCUT2D eigenvalue weighted by Crippen LogP contribution is 2.29. The van der Waals surface area contributed by atoms with Gasteiger partial charge in [-0.2, -0.15) is 0 Å². The van der Waals surface area contributed by atoms with E-state index in [-0.39, 0.29) is 12.5 Å². The van der Waals surface area contributed by atoms with Crippen LogP contribution in [0.1, 0.15) is 11.4 Å². The summed E-state index contributed by atoms with van der Waals surface area (Å²) in [4.78, 5) is 12.6. The Morgan fingerprint density at radius 2 is 2.00 bits per heavy atom. The molecule has 0 saturated heterocycles. The highest BCUT2D eigenvalue weighted by molar-refractivity contribution is 6.32. The lowest BCUT2D eigenvalue weighted by Crippen LogP contribution is -2.20. The molecule has 3 heterocycles. The van der Waals surface area contributed by atoms with Crippen molar-refractivity contribution in [2.45, 2.75) is 20.4 Å². The molecule has 154 valence electrons. The van der Waals surface area contributed by atoms with Crippen LogP contribution in [0.25, 0.3) is 23.1 Å².